The minimum absolute atomic E-state index is 0.0836. The van der Waals surface area contributed by atoms with Crippen molar-refractivity contribution in [1.29, 1.82) is 0 Å². The van der Waals surface area contributed by atoms with E-state index in [4.69, 9.17) is 14.2 Å². The number of carbonyl (C=O) groups is 3. The number of allylic oxidation sites excluding steroid dienone is 12. The summed E-state index contributed by atoms with van der Waals surface area (Å²) in [4.78, 5) is 37.9. The molecule has 0 radical (unpaired) electrons. The summed E-state index contributed by atoms with van der Waals surface area (Å²) in [7, 11) is 0. The average Bonchev–Trinajstić information content (AvgIpc) is 3.37. The Bertz CT molecular complexity index is 1320. The van der Waals surface area contributed by atoms with E-state index in [0.717, 1.165) is 116 Å². The molecule has 0 aromatic rings. The van der Waals surface area contributed by atoms with Crippen molar-refractivity contribution in [3.63, 3.8) is 0 Å². The Morgan fingerprint density at radius 1 is 0.296 bits per heavy atom. The van der Waals surface area contributed by atoms with E-state index in [0.29, 0.717) is 19.3 Å². The first kappa shape index (κ1) is 67.8. The van der Waals surface area contributed by atoms with E-state index in [-0.39, 0.29) is 31.1 Å². The van der Waals surface area contributed by atoms with E-state index in [1.807, 2.05) is 0 Å². The van der Waals surface area contributed by atoms with Crippen molar-refractivity contribution in [3.8, 4) is 0 Å². The molecule has 0 bridgehead atoms. The van der Waals surface area contributed by atoms with Crippen LogP contribution < -0.4 is 0 Å². The quantitative estimate of drug-likeness (QED) is 0.0261. The second-order valence-corrected chi connectivity index (χ2v) is 20.2. The standard InChI is InChI=1S/C65H114O6/c1-4-7-10-13-15-17-19-21-23-25-27-29-31-32-34-35-37-39-41-43-45-47-49-52-55-58-64(67)70-61-62(60-69-63(66)57-54-51-12-9-6-3)71-65(68)59-56-53-50-48-46-44-42-40-38-36-33-30-28-26-24-22-20-18-16-14-11-8-5-2/h8,11,16,18,22,24,28,30,36,38,42,44,62H,4-7,9-10,12-15,17,19-21,23,25-27,29,31-35,37,39-41,43,45-61H2,1-3H3/b11-8-,18-16-,24-22-,30-28-,38-36-,44-42-. The molecule has 0 saturated carbocycles. The van der Waals surface area contributed by atoms with Gasteiger partial charge in [-0.2, -0.15) is 0 Å². The van der Waals surface area contributed by atoms with E-state index in [9.17, 15) is 14.4 Å². The topological polar surface area (TPSA) is 78.9 Å². The van der Waals surface area contributed by atoms with Crippen molar-refractivity contribution in [2.24, 2.45) is 0 Å². The van der Waals surface area contributed by atoms with Crippen molar-refractivity contribution < 1.29 is 28.6 Å². The van der Waals surface area contributed by atoms with Crippen LogP contribution in [-0.4, -0.2) is 37.2 Å². The molecule has 0 rings (SSSR count). The SMILES string of the molecule is CC/C=C\C/C=C\C/C=C\C/C=C\C/C=C\C/C=C\CCCCCCC(=O)OC(COC(=O)CCCCCCC)COC(=O)CCCCCCCCCCCCCCCCCCCCCCCCCCC. The van der Waals surface area contributed by atoms with E-state index < -0.39 is 6.10 Å². The third kappa shape index (κ3) is 57.6. The maximum Gasteiger partial charge on any atom is 0.306 e. The second-order valence-electron chi connectivity index (χ2n) is 20.2. The lowest BCUT2D eigenvalue weighted by molar-refractivity contribution is -0.167. The van der Waals surface area contributed by atoms with Crippen LogP contribution in [0.4, 0.5) is 0 Å². The molecule has 6 heteroatoms. The first-order valence-electron chi connectivity index (χ1n) is 30.4. The first-order chi connectivity index (χ1) is 35.0. The fourth-order valence-corrected chi connectivity index (χ4v) is 8.68. The largest absolute Gasteiger partial charge is 0.462 e. The van der Waals surface area contributed by atoms with Crippen molar-refractivity contribution >= 4 is 17.9 Å². The molecule has 6 nitrogen and oxygen atoms in total. The van der Waals surface area contributed by atoms with Gasteiger partial charge in [-0.25, -0.2) is 0 Å². The van der Waals surface area contributed by atoms with Crippen LogP contribution >= 0.6 is 0 Å². The molecule has 0 aliphatic carbocycles. The average molecular weight is 992 g/mol. The fourth-order valence-electron chi connectivity index (χ4n) is 8.68. The molecule has 0 spiro atoms. The summed E-state index contributed by atoms with van der Waals surface area (Å²) in [6.07, 6.45) is 76.7. The van der Waals surface area contributed by atoms with Gasteiger partial charge >= 0.3 is 17.9 Å². The first-order valence-corrected chi connectivity index (χ1v) is 30.4. The van der Waals surface area contributed by atoms with Gasteiger partial charge in [0.2, 0.25) is 0 Å². The number of rotatable bonds is 55. The number of hydrogen-bond acceptors (Lipinski definition) is 6. The zero-order valence-corrected chi connectivity index (χ0v) is 47.0. The van der Waals surface area contributed by atoms with Gasteiger partial charge in [0.25, 0.3) is 0 Å². The zero-order valence-electron chi connectivity index (χ0n) is 47.0. The zero-order chi connectivity index (χ0) is 51.4. The maximum atomic E-state index is 12.8. The summed E-state index contributed by atoms with van der Waals surface area (Å²) in [6.45, 7) is 6.45. The van der Waals surface area contributed by atoms with Crippen LogP contribution in [0.1, 0.15) is 303 Å². The Labute approximate surface area is 440 Å². The Kier molecular flexibility index (Phi) is 56.8. The van der Waals surface area contributed by atoms with E-state index in [1.54, 1.807) is 0 Å². The second kappa shape index (κ2) is 59.4. The summed E-state index contributed by atoms with van der Waals surface area (Å²) in [5.41, 5.74) is 0. The number of unbranched alkanes of at least 4 members (excludes halogenated alkanes) is 32. The van der Waals surface area contributed by atoms with Gasteiger partial charge in [0.05, 0.1) is 0 Å². The van der Waals surface area contributed by atoms with Crippen molar-refractivity contribution in [2.75, 3.05) is 13.2 Å². The lowest BCUT2D eigenvalue weighted by Crippen LogP contribution is -2.30. The van der Waals surface area contributed by atoms with Gasteiger partial charge in [-0.15, -0.1) is 0 Å². The molecule has 0 aliphatic rings. The van der Waals surface area contributed by atoms with Crippen LogP contribution in [0.3, 0.4) is 0 Å². The summed E-state index contributed by atoms with van der Waals surface area (Å²) >= 11 is 0. The lowest BCUT2D eigenvalue weighted by Gasteiger charge is -2.18. The molecular weight excluding hydrogens is 877 g/mol. The predicted octanol–water partition coefficient (Wildman–Crippen LogP) is 20.5. The molecule has 1 atom stereocenters. The fraction of sp³-hybridized carbons (Fsp3) is 0.769. The van der Waals surface area contributed by atoms with Crippen molar-refractivity contribution in [2.45, 2.75) is 309 Å². The van der Waals surface area contributed by atoms with Crippen LogP contribution in [0, 0.1) is 0 Å². The van der Waals surface area contributed by atoms with Gasteiger partial charge < -0.3 is 14.2 Å². The van der Waals surface area contributed by atoms with Gasteiger partial charge in [0.15, 0.2) is 6.10 Å². The third-order valence-corrected chi connectivity index (χ3v) is 13.2. The van der Waals surface area contributed by atoms with Crippen molar-refractivity contribution in [1.82, 2.24) is 0 Å². The molecule has 71 heavy (non-hydrogen) atoms. The summed E-state index contributed by atoms with van der Waals surface area (Å²) in [5, 5.41) is 0. The van der Waals surface area contributed by atoms with Crippen LogP contribution in [0.25, 0.3) is 0 Å². The molecule has 0 aromatic carbocycles. The molecular formula is C65H114O6. The Morgan fingerprint density at radius 3 is 0.859 bits per heavy atom. The van der Waals surface area contributed by atoms with Crippen molar-refractivity contribution in [3.05, 3.63) is 72.9 Å². The van der Waals surface area contributed by atoms with Gasteiger partial charge in [-0.05, 0) is 70.6 Å². The van der Waals surface area contributed by atoms with Gasteiger partial charge in [0, 0.05) is 19.3 Å². The molecule has 0 aliphatic heterocycles. The number of hydrogen-bond donors (Lipinski definition) is 0. The Balaban J connectivity index is 4.09. The van der Waals surface area contributed by atoms with Gasteiger partial charge in [-0.3, -0.25) is 14.4 Å². The highest BCUT2D eigenvalue weighted by Gasteiger charge is 2.19. The van der Waals surface area contributed by atoms with Gasteiger partial charge in [0.1, 0.15) is 13.2 Å². The van der Waals surface area contributed by atoms with Crippen LogP contribution in [0.5, 0.6) is 0 Å². The highest BCUT2D eigenvalue weighted by molar-refractivity contribution is 5.71. The molecule has 0 N–H and O–H groups in total. The lowest BCUT2D eigenvalue weighted by atomic mass is 10.0. The normalized spacial score (nSPS) is 12.5. The predicted molar refractivity (Wildman–Crippen MR) is 307 cm³/mol. The highest BCUT2D eigenvalue weighted by Crippen LogP contribution is 2.17. The molecule has 0 saturated heterocycles. The summed E-state index contributed by atoms with van der Waals surface area (Å²) < 4.78 is 16.7. The van der Waals surface area contributed by atoms with E-state index in [1.165, 1.54) is 148 Å². The van der Waals surface area contributed by atoms with Crippen LogP contribution in [-0.2, 0) is 28.6 Å². The number of ether oxygens (including phenoxy) is 3. The monoisotopic (exact) mass is 991 g/mol. The van der Waals surface area contributed by atoms with E-state index in [2.05, 4.69) is 93.7 Å². The van der Waals surface area contributed by atoms with E-state index >= 15 is 0 Å². The van der Waals surface area contributed by atoms with Crippen LogP contribution in [0.2, 0.25) is 0 Å². The Hall–Kier alpha value is -3.15. The maximum absolute atomic E-state index is 12.8. The molecule has 0 fully saturated rings. The molecule has 1 unspecified atom stereocenters. The summed E-state index contributed by atoms with van der Waals surface area (Å²) in [6, 6.07) is 0. The molecule has 0 heterocycles. The summed E-state index contributed by atoms with van der Waals surface area (Å²) in [5.74, 6) is -0.913. The smallest absolute Gasteiger partial charge is 0.306 e. The number of carbonyl (C=O) groups excluding carboxylic acids is 3. The third-order valence-electron chi connectivity index (χ3n) is 13.2. The van der Waals surface area contributed by atoms with Crippen LogP contribution in [0.15, 0.2) is 72.9 Å². The minimum atomic E-state index is -0.785. The molecule has 410 valence electrons. The number of esters is 3. The molecule has 0 amide bonds. The highest BCUT2D eigenvalue weighted by atomic mass is 16.6. The minimum Gasteiger partial charge on any atom is -0.462 e. The Morgan fingerprint density at radius 2 is 0.549 bits per heavy atom. The molecule has 0 aromatic heterocycles. The van der Waals surface area contributed by atoms with Gasteiger partial charge in [-0.1, -0.05) is 286 Å².